The molecule has 3 fully saturated rings. The molecule has 11 nitrogen and oxygen atoms in total. The van der Waals surface area contributed by atoms with Crippen molar-refractivity contribution in [1.29, 1.82) is 0 Å². The fraction of sp³-hybridized carbons (Fsp3) is 0.441. The molecule has 2 aromatic carbocycles. The fourth-order valence-corrected chi connectivity index (χ4v) is 7.41. The molecule has 0 bridgehead atoms. The first-order chi connectivity index (χ1) is 22.1. The number of anilines is 2. The van der Waals surface area contributed by atoms with E-state index in [9.17, 15) is 19.2 Å². The van der Waals surface area contributed by atoms with E-state index in [0.717, 1.165) is 36.3 Å². The summed E-state index contributed by atoms with van der Waals surface area (Å²) >= 11 is 3.42. The van der Waals surface area contributed by atoms with Crippen LogP contribution in [0.3, 0.4) is 0 Å². The molecular formula is C34H40BrN7O4. The third-order valence-electron chi connectivity index (χ3n) is 9.51. The van der Waals surface area contributed by atoms with Crippen LogP contribution in [0.25, 0.3) is 0 Å². The van der Waals surface area contributed by atoms with E-state index in [0.29, 0.717) is 54.7 Å². The van der Waals surface area contributed by atoms with Gasteiger partial charge in [-0.3, -0.25) is 24.5 Å². The smallest absolute Gasteiger partial charge is 0.282 e. The number of rotatable bonds is 6. The molecule has 3 saturated heterocycles. The van der Waals surface area contributed by atoms with Crippen molar-refractivity contribution in [3.8, 4) is 0 Å². The normalized spacial score (nSPS) is 22.5. The van der Waals surface area contributed by atoms with E-state index in [4.69, 9.17) is 0 Å². The number of halogens is 1. The van der Waals surface area contributed by atoms with Crippen molar-refractivity contribution in [2.45, 2.75) is 44.1 Å². The first-order valence-corrected chi connectivity index (χ1v) is 16.6. The van der Waals surface area contributed by atoms with Gasteiger partial charge in [0.15, 0.2) is 0 Å². The van der Waals surface area contributed by atoms with Crippen molar-refractivity contribution in [3.63, 3.8) is 0 Å². The summed E-state index contributed by atoms with van der Waals surface area (Å²) in [6.45, 7) is 6.37. The van der Waals surface area contributed by atoms with Gasteiger partial charge in [0, 0.05) is 70.0 Å². The van der Waals surface area contributed by atoms with Crippen molar-refractivity contribution in [2.24, 2.45) is 7.05 Å². The highest BCUT2D eigenvalue weighted by molar-refractivity contribution is 9.10. The van der Waals surface area contributed by atoms with Crippen molar-refractivity contribution in [2.75, 3.05) is 56.5 Å². The second kappa shape index (κ2) is 13.4. The Balaban J connectivity index is 1.06. The van der Waals surface area contributed by atoms with Crippen LogP contribution < -0.4 is 21.1 Å². The fourth-order valence-electron chi connectivity index (χ4n) is 6.94. The Labute approximate surface area is 277 Å². The summed E-state index contributed by atoms with van der Waals surface area (Å²) in [5, 5.41) is 10.1. The molecule has 0 spiro atoms. The van der Waals surface area contributed by atoms with E-state index in [1.807, 2.05) is 30.0 Å². The van der Waals surface area contributed by atoms with Gasteiger partial charge >= 0.3 is 0 Å². The summed E-state index contributed by atoms with van der Waals surface area (Å²) in [6, 6.07) is 14.3. The maximum absolute atomic E-state index is 13.5. The zero-order chi connectivity index (χ0) is 32.5. The lowest BCUT2D eigenvalue weighted by molar-refractivity contribution is -0.134. The topological polar surface area (TPSA) is 120 Å². The zero-order valence-electron chi connectivity index (χ0n) is 26.5. The summed E-state index contributed by atoms with van der Waals surface area (Å²) < 4.78 is 1.79. The number of hydrogen-bond donors (Lipinski definition) is 2. The van der Waals surface area contributed by atoms with Crippen LogP contribution in [0.5, 0.6) is 0 Å². The number of benzene rings is 2. The van der Waals surface area contributed by atoms with Crippen LogP contribution in [0.15, 0.2) is 57.9 Å². The second-order valence-corrected chi connectivity index (χ2v) is 13.5. The van der Waals surface area contributed by atoms with E-state index in [1.54, 1.807) is 13.2 Å². The number of hydrogen-bond acceptors (Lipinski definition) is 8. The summed E-state index contributed by atoms with van der Waals surface area (Å²) in [4.78, 5) is 56.4. The minimum atomic E-state index is -0.321. The highest BCUT2D eigenvalue weighted by atomic mass is 79.9. The number of imide groups is 1. The number of carbonyl (C=O) groups excluding carboxylic acids is 3. The SMILES string of the molecule is Cc1ccc(N2CCN(C(=O)c3ccc(C4CC(Nc5cnn(C)c(=O)c5Br)CN(C)C4)cc3)CC2)cc1C1CCC(=O)NC1=O. The number of piperazine rings is 1. The molecule has 1 aromatic heterocycles. The van der Waals surface area contributed by atoms with Crippen LogP contribution in [0.1, 0.15) is 58.1 Å². The second-order valence-electron chi connectivity index (χ2n) is 12.7. The number of carbonyl (C=O) groups is 3. The number of amides is 3. The maximum atomic E-state index is 13.5. The number of piperidine rings is 2. The highest BCUT2D eigenvalue weighted by Gasteiger charge is 2.31. The van der Waals surface area contributed by atoms with Crippen LogP contribution in [0.4, 0.5) is 11.4 Å². The number of nitrogens with zero attached hydrogens (tertiary/aromatic N) is 5. The summed E-state index contributed by atoms with van der Waals surface area (Å²) in [5.41, 5.74) is 5.42. The maximum Gasteiger partial charge on any atom is 0.282 e. The first-order valence-electron chi connectivity index (χ1n) is 15.8. The summed E-state index contributed by atoms with van der Waals surface area (Å²) in [6.07, 6.45) is 3.45. The first kappa shape index (κ1) is 31.9. The predicted molar refractivity (Wildman–Crippen MR) is 180 cm³/mol. The Morgan fingerprint density at radius 3 is 2.46 bits per heavy atom. The van der Waals surface area contributed by atoms with Gasteiger partial charge in [0.05, 0.1) is 17.8 Å². The van der Waals surface area contributed by atoms with E-state index in [-0.39, 0.29) is 41.2 Å². The zero-order valence-corrected chi connectivity index (χ0v) is 28.0. The lowest BCUT2D eigenvalue weighted by Gasteiger charge is -2.37. The molecule has 12 heteroatoms. The van der Waals surface area contributed by atoms with Crippen LogP contribution in [-0.4, -0.2) is 89.7 Å². The van der Waals surface area contributed by atoms with Gasteiger partial charge in [-0.15, -0.1) is 0 Å². The molecule has 3 amide bonds. The van der Waals surface area contributed by atoms with Gasteiger partial charge in [-0.25, -0.2) is 4.68 Å². The Morgan fingerprint density at radius 2 is 1.74 bits per heavy atom. The van der Waals surface area contributed by atoms with Crippen molar-refractivity contribution in [1.82, 2.24) is 24.9 Å². The Morgan fingerprint density at radius 1 is 1.00 bits per heavy atom. The highest BCUT2D eigenvalue weighted by Crippen LogP contribution is 2.32. The lowest BCUT2D eigenvalue weighted by Crippen LogP contribution is -2.48. The van der Waals surface area contributed by atoms with Crippen LogP contribution >= 0.6 is 15.9 Å². The Bertz CT molecular complexity index is 1700. The van der Waals surface area contributed by atoms with Gasteiger partial charge in [0.1, 0.15) is 4.47 Å². The lowest BCUT2D eigenvalue weighted by atomic mass is 9.87. The monoisotopic (exact) mass is 689 g/mol. The minimum absolute atomic E-state index is 0.0302. The number of aromatic nitrogens is 2. The van der Waals surface area contributed by atoms with Gasteiger partial charge in [0.25, 0.3) is 11.5 Å². The molecule has 6 rings (SSSR count). The number of nitrogens with one attached hydrogen (secondary N) is 2. The molecule has 0 aliphatic carbocycles. The summed E-state index contributed by atoms with van der Waals surface area (Å²) in [7, 11) is 3.73. The minimum Gasteiger partial charge on any atom is -0.379 e. The average Bonchev–Trinajstić information content (AvgIpc) is 3.05. The molecular weight excluding hydrogens is 650 g/mol. The van der Waals surface area contributed by atoms with Gasteiger partial charge < -0.3 is 20.0 Å². The third-order valence-corrected chi connectivity index (χ3v) is 10.3. The van der Waals surface area contributed by atoms with Crippen molar-refractivity contribution < 1.29 is 14.4 Å². The molecule has 3 unspecified atom stereocenters. The molecule has 3 atom stereocenters. The van der Waals surface area contributed by atoms with Crippen LogP contribution in [-0.2, 0) is 16.6 Å². The Kier molecular flexibility index (Phi) is 9.28. The predicted octanol–water partition coefficient (Wildman–Crippen LogP) is 3.23. The molecule has 3 aliphatic rings. The van der Waals surface area contributed by atoms with Gasteiger partial charge in [-0.05, 0) is 89.6 Å². The molecule has 0 saturated carbocycles. The Hall–Kier alpha value is -4.03. The van der Waals surface area contributed by atoms with Crippen LogP contribution in [0.2, 0.25) is 0 Å². The average molecular weight is 691 g/mol. The van der Waals surface area contributed by atoms with E-state index < -0.39 is 0 Å². The molecule has 3 aliphatic heterocycles. The van der Waals surface area contributed by atoms with Crippen molar-refractivity contribution >= 4 is 45.0 Å². The molecule has 46 heavy (non-hydrogen) atoms. The standard InChI is InChI=1S/C34H40BrN7O4/c1-21-4-9-26(17-28(21)27-10-11-30(43)38-32(27)44)41-12-14-42(15-13-41)33(45)23-7-5-22(6-8-23)24-16-25(20-39(2)19-24)37-29-18-36-40(3)34(46)31(29)35/h4-9,17-18,24-25,27,37H,10-16,19-20H2,1-3H3,(H,38,43,44). The quantitative estimate of drug-likeness (QED) is 0.379. The van der Waals surface area contributed by atoms with Crippen LogP contribution in [0, 0.1) is 6.92 Å². The molecule has 4 heterocycles. The van der Waals surface area contributed by atoms with E-state index >= 15 is 0 Å². The van der Waals surface area contributed by atoms with Gasteiger partial charge in [-0.2, -0.15) is 5.10 Å². The van der Waals surface area contributed by atoms with Gasteiger partial charge in [0.2, 0.25) is 11.8 Å². The number of likely N-dealkylation sites (tertiary alicyclic amines) is 1. The largest absolute Gasteiger partial charge is 0.379 e. The van der Waals surface area contributed by atoms with Gasteiger partial charge in [-0.1, -0.05) is 18.2 Å². The van der Waals surface area contributed by atoms with E-state index in [1.165, 1.54) is 10.2 Å². The molecule has 3 aromatic rings. The van der Waals surface area contributed by atoms with E-state index in [2.05, 4.69) is 72.8 Å². The third kappa shape index (κ3) is 6.73. The van der Waals surface area contributed by atoms with Crippen molar-refractivity contribution in [3.05, 3.63) is 85.7 Å². The number of likely N-dealkylation sites (N-methyl/N-ethyl adjacent to an activating group) is 1. The molecule has 242 valence electrons. The molecule has 2 N–H and O–H groups in total. The summed E-state index contributed by atoms with van der Waals surface area (Å²) in [5.74, 6) is -0.447. The molecule has 0 radical (unpaired) electrons. The number of aryl methyl sites for hydroxylation is 2.